The lowest BCUT2D eigenvalue weighted by Crippen LogP contribution is -2.29. The molecule has 0 atom stereocenters. The van der Waals surface area contributed by atoms with Crippen LogP contribution in [0, 0.1) is 5.92 Å². The molecular formula is C39H44ClN3O3S. The third-order valence-corrected chi connectivity index (χ3v) is 9.11. The summed E-state index contributed by atoms with van der Waals surface area (Å²) in [5.74, 6) is 1.97. The Morgan fingerprint density at radius 3 is 2.51 bits per heavy atom. The summed E-state index contributed by atoms with van der Waals surface area (Å²) < 4.78 is 11.5. The van der Waals surface area contributed by atoms with Gasteiger partial charge in [0.05, 0.1) is 12.3 Å². The number of hydrogen-bond acceptors (Lipinski definition) is 6. The number of nitrogens with zero attached hydrogens (tertiary/aromatic N) is 2. The average Bonchev–Trinajstić information content (AvgIpc) is 3.25. The van der Waals surface area contributed by atoms with E-state index >= 15 is 0 Å². The fourth-order valence-electron chi connectivity index (χ4n) is 5.42. The van der Waals surface area contributed by atoms with Crippen molar-refractivity contribution in [1.82, 2.24) is 4.98 Å². The molecule has 0 unspecified atom stereocenters. The van der Waals surface area contributed by atoms with Crippen LogP contribution in [0.5, 0.6) is 5.75 Å². The summed E-state index contributed by atoms with van der Waals surface area (Å²) >= 11 is 7.77. The SMILES string of the molecule is CCCCOCCOc1ccc(-c2ccc3c(c2)C=C(C(=O)Nc2ccc(SCc4cc(Cl)ccn4)cc2)CCN3CC(C)C)cc1. The normalized spacial score (nSPS) is 12.8. The number of thioether (sulfide) groups is 1. The van der Waals surface area contributed by atoms with Gasteiger partial charge in [-0.15, -0.1) is 11.8 Å². The average molecular weight is 670 g/mol. The van der Waals surface area contributed by atoms with Gasteiger partial charge in [0, 0.05) is 58.5 Å². The van der Waals surface area contributed by atoms with Crippen LogP contribution < -0.4 is 15.0 Å². The summed E-state index contributed by atoms with van der Waals surface area (Å²) in [5, 5.41) is 3.82. The number of amides is 1. The van der Waals surface area contributed by atoms with Gasteiger partial charge in [0.25, 0.3) is 5.91 Å². The standard InChI is InChI=1S/C39H44ClN3O3S/c1-4-5-20-45-21-22-46-36-11-6-29(7-12-36)30-8-15-38-32(23-30)24-31(17-19-43(38)26-28(2)3)39(44)42-34-9-13-37(14-10-34)47-27-35-25-33(40)16-18-41-35/h6-16,18,23-25,28H,4-5,17,19-22,26-27H2,1-3H3,(H,42,44). The number of fused-ring (bicyclic) bond motifs is 1. The van der Waals surface area contributed by atoms with Crippen molar-refractivity contribution in [3.05, 3.63) is 107 Å². The van der Waals surface area contributed by atoms with Crippen LogP contribution in [0.1, 0.15) is 51.3 Å². The first kappa shape index (κ1) is 34.6. The number of benzene rings is 3. The second-order valence-electron chi connectivity index (χ2n) is 12.1. The van der Waals surface area contributed by atoms with Gasteiger partial charge in [-0.2, -0.15) is 0 Å². The van der Waals surface area contributed by atoms with Crippen LogP contribution in [0.2, 0.25) is 5.02 Å². The Bertz CT molecular complexity index is 1640. The Morgan fingerprint density at radius 2 is 1.77 bits per heavy atom. The predicted octanol–water partition coefficient (Wildman–Crippen LogP) is 9.78. The lowest BCUT2D eigenvalue weighted by Gasteiger charge is -2.27. The molecule has 8 heteroatoms. The minimum atomic E-state index is -0.0727. The van der Waals surface area contributed by atoms with Crippen molar-refractivity contribution in [2.45, 2.75) is 50.7 Å². The smallest absolute Gasteiger partial charge is 0.251 e. The van der Waals surface area contributed by atoms with Crippen molar-refractivity contribution in [2.24, 2.45) is 5.92 Å². The maximum absolute atomic E-state index is 13.6. The summed E-state index contributed by atoms with van der Waals surface area (Å²) in [7, 11) is 0. The zero-order valence-electron chi connectivity index (χ0n) is 27.5. The molecule has 0 spiro atoms. The van der Waals surface area contributed by atoms with Gasteiger partial charge in [-0.25, -0.2) is 0 Å². The number of ether oxygens (including phenoxy) is 2. The number of unbranched alkanes of at least 4 members (excludes halogenated alkanes) is 1. The van der Waals surface area contributed by atoms with E-state index in [9.17, 15) is 4.79 Å². The molecule has 6 nitrogen and oxygen atoms in total. The number of carbonyl (C=O) groups excluding carboxylic acids is 1. The lowest BCUT2D eigenvalue weighted by atomic mass is 10.00. The fraction of sp³-hybridized carbons (Fsp3) is 0.333. The van der Waals surface area contributed by atoms with Crippen LogP contribution in [0.25, 0.3) is 17.2 Å². The highest BCUT2D eigenvalue weighted by molar-refractivity contribution is 7.98. The van der Waals surface area contributed by atoms with Crippen molar-refractivity contribution >= 4 is 46.7 Å². The number of aromatic nitrogens is 1. The third kappa shape index (κ3) is 10.4. The van der Waals surface area contributed by atoms with Gasteiger partial charge < -0.3 is 19.7 Å². The molecule has 0 aliphatic carbocycles. The van der Waals surface area contributed by atoms with Gasteiger partial charge in [0.1, 0.15) is 12.4 Å². The molecule has 1 aliphatic heterocycles. The number of halogens is 1. The Labute approximate surface area is 288 Å². The molecule has 0 bridgehead atoms. The van der Waals surface area contributed by atoms with E-state index in [4.69, 9.17) is 21.1 Å². The lowest BCUT2D eigenvalue weighted by molar-refractivity contribution is -0.112. The first-order valence-corrected chi connectivity index (χ1v) is 17.8. The Hall–Kier alpha value is -3.78. The molecule has 0 radical (unpaired) electrons. The van der Waals surface area contributed by atoms with Crippen molar-refractivity contribution in [3.8, 4) is 16.9 Å². The second kappa shape index (κ2) is 17.4. The van der Waals surface area contributed by atoms with Crippen LogP contribution in [0.15, 0.2) is 95.5 Å². The van der Waals surface area contributed by atoms with Gasteiger partial charge in [-0.05, 0) is 102 Å². The first-order valence-electron chi connectivity index (χ1n) is 16.4. The van der Waals surface area contributed by atoms with Gasteiger partial charge in [-0.3, -0.25) is 9.78 Å². The van der Waals surface area contributed by atoms with E-state index in [1.165, 1.54) is 0 Å². The van der Waals surface area contributed by atoms with E-state index in [1.54, 1.807) is 24.0 Å². The van der Waals surface area contributed by atoms with Crippen molar-refractivity contribution in [2.75, 3.05) is 43.1 Å². The number of nitrogens with one attached hydrogen (secondary N) is 1. The number of carbonyl (C=O) groups is 1. The van der Waals surface area contributed by atoms with Gasteiger partial charge in [-0.1, -0.05) is 57.0 Å². The second-order valence-corrected chi connectivity index (χ2v) is 13.6. The molecular weight excluding hydrogens is 626 g/mol. The van der Waals surface area contributed by atoms with Gasteiger partial charge >= 0.3 is 0 Å². The molecule has 4 aromatic rings. The van der Waals surface area contributed by atoms with E-state index in [0.717, 1.165) is 88.3 Å². The summed E-state index contributed by atoms with van der Waals surface area (Å²) in [4.78, 5) is 21.5. The third-order valence-electron chi connectivity index (χ3n) is 7.83. The van der Waals surface area contributed by atoms with E-state index in [2.05, 4.69) is 72.4 Å². The largest absolute Gasteiger partial charge is 0.491 e. The topological polar surface area (TPSA) is 63.7 Å². The molecule has 0 saturated heterocycles. The highest BCUT2D eigenvalue weighted by Gasteiger charge is 2.21. The summed E-state index contributed by atoms with van der Waals surface area (Å²) in [6, 6.07) is 26.3. The van der Waals surface area contributed by atoms with Crippen LogP contribution in [0.3, 0.4) is 0 Å². The van der Waals surface area contributed by atoms with Gasteiger partial charge in [0.15, 0.2) is 0 Å². The minimum absolute atomic E-state index is 0.0727. The minimum Gasteiger partial charge on any atom is -0.491 e. The molecule has 1 aliphatic rings. The molecule has 5 rings (SSSR count). The number of rotatable bonds is 15. The van der Waals surface area contributed by atoms with Crippen LogP contribution in [-0.2, 0) is 15.3 Å². The van der Waals surface area contributed by atoms with Crippen molar-refractivity contribution in [3.63, 3.8) is 0 Å². The molecule has 3 aromatic carbocycles. The molecule has 1 amide bonds. The summed E-state index contributed by atoms with van der Waals surface area (Å²) in [6.45, 7) is 10.2. The Kier molecular flexibility index (Phi) is 12.8. The molecule has 0 saturated carbocycles. The van der Waals surface area contributed by atoms with E-state index in [1.807, 2.05) is 42.5 Å². The van der Waals surface area contributed by atoms with Crippen LogP contribution in [0.4, 0.5) is 11.4 Å². The van der Waals surface area contributed by atoms with Crippen LogP contribution in [-0.4, -0.2) is 43.8 Å². The molecule has 1 N–H and O–H groups in total. The maximum atomic E-state index is 13.6. The molecule has 246 valence electrons. The van der Waals surface area contributed by atoms with E-state index in [0.29, 0.717) is 30.6 Å². The van der Waals surface area contributed by atoms with Gasteiger partial charge in [0.2, 0.25) is 0 Å². The van der Waals surface area contributed by atoms with Crippen molar-refractivity contribution < 1.29 is 14.3 Å². The summed E-state index contributed by atoms with van der Waals surface area (Å²) in [6.07, 6.45) is 6.65. The Balaban J connectivity index is 1.27. The first-order chi connectivity index (χ1) is 22.9. The monoisotopic (exact) mass is 669 g/mol. The fourth-order valence-corrected chi connectivity index (χ4v) is 6.41. The number of anilines is 2. The number of hydrogen-bond donors (Lipinski definition) is 1. The maximum Gasteiger partial charge on any atom is 0.251 e. The predicted molar refractivity (Wildman–Crippen MR) is 197 cm³/mol. The number of pyridine rings is 1. The molecule has 1 aromatic heterocycles. The highest BCUT2D eigenvalue weighted by atomic mass is 35.5. The Morgan fingerprint density at radius 1 is 0.979 bits per heavy atom. The van der Waals surface area contributed by atoms with Crippen LogP contribution >= 0.6 is 23.4 Å². The summed E-state index contributed by atoms with van der Waals surface area (Å²) in [5.41, 5.74) is 6.88. The quantitative estimate of drug-likeness (QED) is 0.100. The van der Waals surface area contributed by atoms with Crippen molar-refractivity contribution in [1.29, 1.82) is 0 Å². The van der Waals surface area contributed by atoms with E-state index in [-0.39, 0.29) is 5.91 Å². The van der Waals surface area contributed by atoms with E-state index < -0.39 is 0 Å². The molecule has 47 heavy (non-hydrogen) atoms. The zero-order chi connectivity index (χ0) is 33.0. The highest BCUT2D eigenvalue weighted by Crippen LogP contribution is 2.34. The molecule has 0 fully saturated rings. The molecule has 2 heterocycles. The zero-order valence-corrected chi connectivity index (χ0v) is 29.1.